The number of hydrogen-bond acceptors (Lipinski definition) is 4. The Kier molecular flexibility index (Phi) is 10.6. The van der Waals surface area contributed by atoms with E-state index in [1.165, 1.54) is 16.0 Å². The molecular weight excluding hydrogens is 511 g/mol. The predicted molar refractivity (Wildman–Crippen MR) is 134 cm³/mol. The van der Waals surface area contributed by atoms with Gasteiger partial charge in [0.05, 0.1) is 12.6 Å². The average molecular weight is 542 g/mol. The summed E-state index contributed by atoms with van der Waals surface area (Å²) in [4.78, 5) is 20.0. The lowest BCUT2D eigenvalue weighted by Crippen LogP contribution is -2.46. The van der Waals surface area contributed by atoms with Crippen molar-refractivity contribution in [3.63, 3.8) is 0 Å². The summed E-state index contributed by atoms with van der Waals surface area (Å²) in [6.07, 6.45) is 1.89. The quantitative estimate of drug-likeness (QED) is 0.232. The zero-order chi connectivity index (χ0) is 20.5. The highest BCUT2D eigenvalue weighted by Crippen LogP contribution is 2.23. The number of ether oxygens (including phenoxy) is 1. The molecule has 1 aromatic heterocycles. The Morgan fingerprint density at radius 3 is 2.83 bits per heavy atom. The number of carbonyl (C=O) groups excluding carboxylic acids is 1. The van der Waals surface area contributed by atoms with Gasteiger partial charge < -0.3 is 20.3 Å². The van der Waals surface area contributed by atoms with E-state index in [1.807, 2.05) is 23.1 Å². The number of nitrogens with one attached hydrogen (secondary N) is 2. The van der Waals surface area contributed by atoms with Gasteiger partial charge in [-0.1, -0.05) is 30.3 Å². The SMILES string of the molecule is CN=C(NCCCOC(C)c1ccccc1)NCC(=O)N1CCc2sccc2C1.I. The Bertz CT molecular complexity index is 812. The van der Waals surface area contributed by atoms with Gasteiger partial charge in [-0.15, -0.1) is 35.3 Å². The number of thiophene rings is 1. The van der Waals surface area contributed by atoms with Crippen molar-refractivity contribution in [2.24, 2.45) is 4.99 Å². The van der Waals surface area contributed by atoms with Crippen molar-refractivity contribution in [3.05, 3.63) is 57.8 Å². The largest absolute Gasteiger partial charge is 0.374 e. The van der Waals surface area contributed by atoms with Crippen LogP contribution in [-0.2, 0) is 22.5 Å². The van der Waals surface area contributed by atoms with Crippen LogP contribution in [0.2, 0.25) is 0 Å². The molecule has 1 atom stereocenters. The van der Waals surface area contributed by atoms with Crippen molar-refractivity contribution in [2.75, 3.05) is 33.3 Å². The van der Waals surface area contributed by atoms with Crippen LogP contribution in [0.1, 0.15) is 35.5 Å². The lowest BCUT2D eigenvalue weighted by atomic mass is 10.1. The number of amides is 1. The monoisotopic (exact) mass is 542 g/mol. The molecular formula is C22H31IN4O2S. The first-order valence-corrected chi connectivity index (χ1v) is 11.0. The molecule has 0 bridgehead atoms. The van der Waals surface area contributed by atoms with Crippen LogP contribution >= 0.6 is 35.3 Å². The van der Waals surface area contributed by atoms with Crippen molar-refractivity contribution in [1.82, 2.24) is 15.5 Å². The fraction of sp³-hybridized carbons (Fsp3) is 0.455. The third-order valence-corrected chi connectivity index (χ3v) is 6.06. The number of fused-ring (bicyclic) bond motifs is 1. The van der Waals surface area contributed by atoms with E-state index in [4.69, 9.17) is 4.74 Å². The van der Waals surface area contributed by atoms with Crippen LogP contribution < -0.4 is 10.6 Å². The van der Waals surface area contributed by atoms with Gasteiger partial charge in [-0.25, -0.2) is 0 Å². The molecule has 1 aromatic carbocycles. The van der Waals surface area contributed by atoms with Crippen LogP contribution in [0.3, 0.4) is 0 Å². The second-order valence-electron chi connectivity index (χ2n) is 7.06. The van der Waals surface area contributed by atoms with Gasteiger partial charge in [-0.3, -0.25) is 9.79 Å². The second-order valence-corrected chi connectivity index (χ2v) is 8.06. The molecule has 8 heteroatoms. The van der Waals surface area contributed by atoms with Gasteiger partial charge in [0, 0.05) is 38.2 Å². The minimum atomic E-state index is 0. The molecule has 0 saturated heterocycles. The van der Waals surface area contributed by atoms with Crippen LogP contribution in [-0.4, -0.2) is 50.1 Å². The first-order valence-electron chi connectivity index (χ1n) is 10.1. The molecule has 30 heavy (non-hydrogen) atoms. The molecule has 1 amide bonds. The van der Waals surface area contributed by atoms with Crippen LogP contribution in [0.25, 0.3) is 0 Å². The molecule has 2 N–H and O–H groups in total. The Morgan fingerprint density at radius 2 is 2.07 bits per heavy atom. The van der Waals surface area contributed by atoms with Crippen molar-refractivity contribution in [3.8, 4) is 0 Å². The Morgan fingerprint density at radius 1 is 1.27 bits per heavy atom. The van der Waals surface area contributed by atoms with E-state index >= 15 is 0 Å². The van der Waals surface area contributed by atoms with Crippen molar-refractivity contribution in [2.45, 2.75) is 32.4 Å². The van der Waals surface area contributed by atoms with Crippen LogP contribution in [0.15, 0.2) is 46.8 Å². The summed E-state index contributed by atoms with van der Waals surface area (Å²) in [5.74, 6) is 0.743. The van der Waals surface area contributed by atoms with Gasteiger partial charge in [0.15, 0.2) is 5.96 Å². The maximum Gasteiger partial charge on any atom is 0.242 e. The number of rotatable bonds is 8. The van der Waals surface area contributed by atoms with E-state index in [9.17, 15) is 4.79 Å². The first kappa shape index (κ1) is 24.6. The molecule has 2 aromatic rings. The van der Waals surface area contributed by atoms with Crippen molar-refractivity contribution < 1.29 is 9.53 Å². The van der Waals surface area contributed by atoms with Gasteiger partial charge in [0.2, 0.25) is 5.91 Å². The minimum absolute atomic E-state index is 0. The van der Waals surface area contributed by atoms with E-state index < -0.39 is 0 Å². The van der Waals surface area contributed by atoms with Crippen LogP contribution in [0.5, 0.6) is 0 Å². The lowest BCUT2D eigenvalue weighted by Gasteiger charge is -2.27. The summed E-state index contributed by atoms with van der Waals surface area (Å²) in [5, 5.41) is 8.47. The van der Waals surface area contributed by atoms with E-state index in [2.05, 4.69) is 46.1 Å². The molecule has 6 nitrogen and oxygen atoms in total. The second kappa shape index (κ2) is 12.9. The zero-order valence-corrected chi connectivity index (χ0v) is 20.7. The molecule has 0 spiro atoms. The number of aliphatic imine (C=N–C) groups is 1. The van der Waals surface area contributed by atoms with E-state index in [0.717, 1.165) is 25.9 Å². The summed E-state index contributed by atoms with van der Waals surface area (Å²) in [6.45, 7) is 5.21. The summed E-state index contributed by atoms with van der Waals surface area (Å²) < 4.78 is 5.88. The summed E-state index contributed by atoms with van der Waals surface area (Å²) in [5.41, 5.74) is 2.46. The van der Waals surface area contributed by atoms with Gasteiger partial charge in [0.25, 0.3) is 0 Å². The smallest absolute Gasteiger partial charge is 0.242 e. The Balaban J connectivity index is 0.00000320. The molecule has 0 aliphatic carbocycles. The molecule has 1 unspecified atom stereocenters. The van der Waals surface area contributed by atoms with Crippen molar-refractivity contribution >= 4 is 47.2 Å². The van der Waals surface area contributed by atoms with Crippen LogP contribution in [0.4, 0.5) is 0 Å². The molecule has 1 aliphatic heterocycles. The molecule has 0 radical (unpaired) electrons. The highest BCUT2D eigenvalue weighted by molar-refractivity contribution is 14.0. The average Bonchev–Trinajstić information content (AvgIpc) is 3.23. The Hall–Kier alpha value is -1.65. The number of hydrogen-bond donors (Lipinski definition) is 2. The highest BCUT2D eigenvalue weighted by Gasteiger charge is 2.21. The number of carbonyl (C=O) groups is 1. The summed E-state index contributed by atoms with van der Waals surface area (Å²) >= 11 is 1.78. The zero-order valence-electron chi connectivity index (χ0n) is 17.6. The van der Waals surface area contributed by atoms with E-state index in [1.54, 1.807) is 18.4 Å². The number of nitrogens with zero attached hydrogens (tertiary/aromatic N) is 2. The fourth-order valence-electron chi connectivity index (χ4n) is 3.31. The van der Waals surface area contributed by atoms with Gasteiger partial charge in [-0.05, 0) is 42.3 Å². The standard InChI is InChI=1S/C22H30N4O2S.HI/c1-17(18-7-4-3-5-8-18)28-13-6-11-24-22(23-2)25-15-21(27)26-12-9-20-19(16-26)10-14-29-20;/h3-5,7-8,10,14,17H,6,9,11-13,15-16H2,1-2H3,(H2,23,24,25);1H. The topological polar surface area (TPSA) is 66.0 Å². The molecule has 1 aliphatic rings. The first-order chi connectivity index (χ1) is 14.2. The number of halogens is 1. The van der Waals surface area contributed by atoms with Crippen LogP contribution in [0, 0.1) is 0 Å². The lowest BCUT2D eigenvalue weighted by molar-refractivity contribution is -0.130. The third-order valence-electron chi connectivity index (χ3n) is 5.04. The van der Waals surface area contributed by atoms with E-state index in [0.29, 0.717) is 19.1 Å². The summed E-state index contributed by atoms with van der Waals surface area (Å²) in [6, 6.07) is 12.3. The predicted octanol–water partition coefficient (Wildman–Crippen LogP) is 3.58. The number of guanidine groups is 1. The molecule has 164 valence electrons. The highest BCUT2D eigenvalue weighted by atomic mass is 127. The fourth-order valence-corrected chi connectivity index (χ4v) is 4.20. The summed E-state index contributed by atoms with van der Waals surface area (Å²) in [7, 11) is 1.71. The number of benzene rings is 1. The molecule has 3 rings (SSSR count). The molecule has 0 saturated carbocycles. The van der Waals surface area contributed by atoms with Gasteiger partial charge >= 0.3 is 0 Å². The van der Waals surface area contributed by atoms with Gasteiger partial charge in [0.1, 0.15) is 0 Å². The maximum absolute atomic E-state index is 12.5. The van der Waals surface area contributed by atoms with Gasteiger partial charge in [-0.2, -0.15) is 0 Å². The minimum Gasteiger partial charge on any atom is -0.374 e. The molecule has 2 heterocycles. The third kappa shape index (κ3) is 7.24. The van der Waals surface area contributed by atoms with E-state index in [-0.39, 0.29) is 42.5 Å². The maximum atomic E-state index is 12.5. The normalized spacial score (nSPS) is 14.5. The van der Waals surface area contributed by atoms with Crippen molar-refractivity contribution in [1.29, 1.82) is 0 Å². The Labute approximate surface area is 200 Å². The molecule has 0 fully saturated rings.